The molecule has 0 radical (unpaired) electrons. The molecule has 0 nitrogen and oxygen atoms in total. The van der Waals surface area contributed by atoms with Crippen molar-refractivity contribution in [2.45, 2.75) is 49.0 Å². The molecule has 0 aliphatic heterocycles. The Labute approximate surface area is 61.0 Å². The van der Waals surface area contributed by atoms with Crippen molar-refractivity contribution >= 4 is 0 Å². The second kappa shape index (κ2) is 7.74. The molecule has 0 saturated carbocycles. The lowest BCUT2D eigenvalue weighted by Crippen LogP contribution is -1.73. The summed E-state index contributed by atoms with van der Waals surface area (Å²) in [6, 6.07) is 0. The molecule has 0 bridgehead atoms. The lowest BCUT2D eigenvalue weighted by molar-refractivity contribution is 1.05. The maximum absolute atomic E-state index is 2.18. The molecular weight excluding hydrogens is 108 g/mol. The van der Waals surface area contributed by atoms with E-state index in [1.165, 1.54) is 17.6 Å². The average molecular weight is 130 g/mol. The van der Waals surface area contributed by atoms with Gasteiger partial charge in [-0.15, -0.1) is 0 Å². The maximum atomic E-state index is 2.18. The van der Waals surface area contributed by atoms with Crippen LogP contribution < -0.4 is 0 Å². The van der Waals surface area contributed by atoms with E-state index < -0.39 is 0 Å². The van der Waals surface area contributed by atoms with Crippen LogP contribution in [0, 0.1) is 0 Å². The summed E-state index contributed by atoms with van der Waals surface area (Å²) in [5.41, 5.74) is 2.97. The third kappa shape index (κ3) is 7.74. The predicted molar refractivity (Wildman–Crippen MR) is 47.8 cm³/mol. The summed E-state index contributed by atoms with van der Waals surface area (Å²) >= 11 is 0. The van der Waals surface area contributed by atoms with Crippen molar-refractivity contribution in [3.8, 4) is 0 Å². The summed E-state index contributed by atoms with van der Waals surface area (Å²) in [5, 5.41) is 0. The van der Waals surface area contributed by atoms with Crippen LogP contribution in [0.5, 0.6) is 0 Å². The summed E-state index contributed by atoms with van der Waals surface area (Å²) in [5.74, 6) is 0. The van der Waals surface area contributed by atoms with Gasteiger partial charge in [0.1, 0.15) is 0 Å². The van der Waals surface area contributed by atoms with Crippen molar-refractivity contribution in [1.29, 1.82) is 0 Å². The molecule has 0 unspecified atom stereocenters. The molecule has 0 heteroatoms. The summed E-state index contributed by atoms with van der Waals surface area (Å²) in [7, 11) is 0. The minimum atomic E-state index is 0. The molecule has 0 spiro atoms. The Balaban J connectivity index is -0.000000180. The zero-order valence-electron chi connectivity index (χ0n) is 5.71. The topological polar surface area (TPSA) is 0 Å². The van der Waals surface area contributed by atoms with Gasteiger partial charge >= 0.3 is 0 Å². The van der Waals surface area contributed by atoms with Gasteiger partial charge in [-0.2, -0.15) is 0 Å². The first-order chi connectivity index (χ1) is 3.18. The van der Waals surface area contributed by atoms with Crippen molar-refractivity contribution in [3.63, 3.8) is 0 Å². The summed E-state index contributed by atoms with van der Waals surface area (Å²) in [6.07, 6.45) is 1.20. The fourth-order valence-electron chi connectivity index (χ4n) is 0.354. The van der Waals surface area contributed by atoms with E-state index in [2.05, 4.69) is 27.7 Å². The van der Waals surface area contributed by atoms with Gasteiger partial charge in [-0.1, -0.05) is 32.9 Å². The molecular formula is C9H22. The van der Waals surface area contributed by atoms with E-state index in [-0.39, 0.29) is 14.9 Å². The summed E-state index contributed by atoms with van der Waals surface area (Å²) in [6.45, 7) is 8.66. The molecule has 0 atom stereocenters. The molecule has 0 rings (SSSR count). The van der Waals surface area contributed by atoms with Crippen molar-refractivity contribution in [1.82, 2.24) is 0 Å². The SMILES string of the molecule is C.C.CCC(C)=C(C)C. The fourth-order valence-corrected chi connectivity index (χ4v) is 0.354. The van der Waals surface area contributed by atoms with Gasteiger partial charge < -0.3 is 0 Å². The molecule has 0 heterocycles. The smallest absolute Gasteiger partial charge is 0.0349 e. The number of rotatable bonds is 1. The monoisotopic (exact) mass is 130 g/mol. The van der Waals surface area contributed by atoms with Gasteiger partial charge in [0.15, 0.2) is 0 Å². The van der Waals surface area contributed by atoms with Crippen LogP contribution in [0.4, 0.5) is 0 Å². The Kier molecular flexibility index (Phi) is 13.7. The van der Waals surface area contributed by atoms with Gasteiger partial charge in [0.2, 0.25) is 0 Å². The van der Waals surface area contributed by atoms with E-state index in [0.717, 1.165) is 0 Å². The quantitative estimate of drug-likeness (QED) is 0.470. The minimum absolute atomic E-state index is 0. The molecule has 0 aliphatic rings. The van der Waals surface area contributed by atoms with Gasteiger partial charge in [-0.25, -0.2) is 0 Å². The lowest BCUT2D eigenvalue weighted by Gasteiger charge is -1.94. The van der Waals surface area contributed by atoms with E-state index >= 15 is 0 Å². The second-order valence-electron chi connectivity index (χ2n) is 2.13. The molecule has 58 valence electrons. The van der Waals surface area contributed by atoms with Gasteiger partial charge in [0, 0.05) is 0 Å². The van der Waals surface area contributed by atoms with Gasteiger partial charge in [-0.05, 0) is 27.2 Å². The van der Waals surface area contributed by atoms with E-state index in [4.69, 9.17) is 0 Å². The van der Waals surface area contributed by atoms with Crippen LogP contribution in [-0.2, 0) is 0 Å². The zero-order chi connectivity index (χ0) is 5.86. The molecule has 0 aromatic rings. The van der Waals surface area contributed by atoms with Gasteiger partial charge in [0.05, 0.1) is 0 Å². The van der Waals surface area contributed by atoms with Crippen molar-refractivity contribution in [2.24, 2.45) is 0 Å². The minimum Gasteiger partial charge on any atom is -0.0776 e. The van der Waals surface area contributed by atoms with Crippen molar-refractivity contribution in [3.05, 3.63) is 11.1 Å². The van der Waals surface area contributed by atoms with Crippen molar-refractivity contribution < 1.29 is 0 Å². The molecule has 0 fully saturated rings. The van der Waals surface area contributed by atoms with Crippen LogP contribution in [0.2, 0.25) is 0 Å². The number of hydrogen-bond donors (Lipinski definition) is 0. The van der Waals surface area contributed by atoms with Crippen LogP contribution >= 0.6 is 0 Å². The molecule has 0 aromatic heterocycles. The first kappa shape index (κ1) is 15.9. The van der Waals surface area contributed by atoms with E-state index in [1.807, 2.05) is 0 Å². The zero-order valence-corrected chi connectivity index (χ0v) is 5.71. The third-order valence-corrected chi connectivity index (χ3v) is 1.38. The summed E-state index contributed by atoms with van der Waals surface area (Å²) < 4.78 is 0. The Hall–Kier alpha value is -0.260. The maximum Gasteiger partial charge on any atom is -0.0349 e. The lowest BCUT2D eigenvalue weighted by atomic mass is 10.1. The number of hydrogen-bond acceptors (Lipinski definition) is 0. The van der Waals surface area contributed by atoms with Crippen LogP contribution in [0.15, 0.2) is 11.1 Å². The van der Waals surface area contributed by atoms with Crippen LogP contribution in [0.1, 0.15) is 49.0 Å². The van der Waals surface area contributed by atoms with E-state index in [1.54, 1.807) is 0 Å². The molecule has 0 N–H and O–H groups in total. The molecule has 0 amide bonds. The highest BCUT2D eigenvalue weighted by molar-refractivity contribution is 5.05. The Morgan fingerprint density at radius 1 is 1.00 bits per heavy atom. The Morgan fingerprint density at radius 2 is 1.33 bits per heavy atom. The molecule has 0 saturated heterocycles. The van der Waals surface area contributed by atoms with Crippen LogP contribution in [0.25, 0.3) is 0 Å². The Bertz CT molecular complexity index is 74.0. The molecule has 0 aromatic carbocycles. The van der Waals surface area contributed by atoms with Gasteiger partial charge in [0.25, 0.3) is 0 Å². The molecule has 0 aliphatic carbocycles. The Morgan fingerprint density at radius 3 is 1.33 bits per heavy atom. The highest BCUT2D eigenvalue weighted by Gasteiger charge is 1.82. The highest BCUT2D eigenvalue weighted by atomic mass is 13.9. The highest BCUT2D eigenvalue weighted by Crippen LogP contribution is 2.04. The first-order valence-electron chi connectivity index (χ1n) is 2.81. The van der Waals surface area contributed by atoms with E-state index in [0.29, 0.717) is 0 Å². The standard InChI is InChI=1S/C7H14.2CH4/c1-5-7(4)6(2)3;;/h5H2,1-4H3;2*1H4. The average Bonchev–Trinajstić information content (AvgIpc) is 1.65. The summed E-state index contributed by atoms with van der Waals surface area (Å²) in [4.78, 5) is 0. The van der Waals surface area contributed by atoms with Crippen LogP contribution in [0.3, 0.4) is 0 Å². The third-order valence-electron chi connectivity index (χ3n) is 1.38. The second-order valence-corrected chi connectivity index (χ2v) is 2.13. The largest absolute Gasteiger partial charge is 0.0776 e. The fraction of sp³-hybridized carbons (Fsp3) is 0.778. The number of allylic oxidation sites excluding steroid dienone is 2. The van der Waals surface area contributed by atoms with E-state index in [9.17, 15) is 0 Å². The van der Waals surface area contributed by atoms with Crippen molar-refractivity contribution in [2.75, 3.05) is 0 Å². The predicted octanol–water partition coefficient (Wildman–Crippen LogP) is 4.02. The molecule has 9 heavy (non-hydrogen) atoms. The normalized spacial score (nSPS) is 6.67. The van der Waals surface area contributed by atoms with Gasteiger partial charge in [-0.3, -0.25) is 0 Å². The first-order valence-corrected chi connectivity index (χ1v) is 2.81. The van der Waals surface area contributed by atoms with Crippen LogP contribution in [-0.4, -0.2) is 0 Å².